The topological polar surface area (TPSA) is 21.3 Å². The highest BCUT2D eigenvalue weighted by Crippen LogP contribution is 2.51. The van der Waals surface area contributed by atoms with E-state index in [4.69, 9.17) is 4.42 Å². The maximum Gasteiger partial charge on any atom is 0.138 e. The summed E-state index contributed by atoms with van der Waals surface area (Å²) in [7, 11) is 0. The molecule has 0 spiro atoms. The molecule has 0 radical (unpaired) electrons. The van der Waals surface area contributed by atoms with Crippen LogP contribution in [0.2, 0.25) is 0 Å². The molecule has 0 aliphatic heterocycles. The van der Waals surface area contributed by atoms with E-state index >= 15 is 0 Å². The van der Waals surface area contributed by atoms with E-state index in [0.29, 0.717) is 0 Å². The molecule has 0 amide bonds. The number of hydrogen-bond donors (Lipinski definition) is 0. The van der Waals surface area contributed by atoms with Gasteiger partial charge in [-0.15, -0.1) is 0 Å². The van der Waals surface area contributed by atoms with Crippen LogP contribution in [0, 0.1) is 0 Å². The molecule has 0 N–H and O–H groups in total. The number of nitrogens with zero attached hydrogens (tertiary/aromatic N) is 2. The van der Waals surface area contributed by atoms with Crippen LogP contribution in [-0.4, -0.2) is 4.57 Å². The van der Waals surface area contributed by atoms with E-state index in [2.05, 4.69) is 224 Å². The molecule has 2 aromatic heterocycles. The Labute approximate surface area is 349 Å². The first-order valence-corrected chi connectivity index (χ1v) is 20.8. The van der Waals surface area contributed by atoms with Crippen molar-refractivity contribution in [1.29, 1.82) is 0 Å². The lowest BCUT2D eigenvalue weighted by atomic mass is 9.82. The van der Waals surface area contributed by atoms with Crippen molar-refractivity contribution in [3.05, 3.63) is 217 Å². The Bertz CT molecular complexity index is 3430. The molecule has 0 unspecified atom stereocenters. The van der Waals surface area contributed by atoms with Crippen molar-refractivity contribution in [1.82, 2.24) is 4.57 Å². The Kier molecular flexibility index (Phi) is 7.58. The Morgan fingerprint density at radius 2 is 1.00 bits per heavy atom. The van der Waals surface area contributed by atoms with Gasteiger partial charge in [0.25, 0.3) is 0 Å². The molecule has 12 rings (SSSR count). The van der Waals surface area contributed by atoms with Crippen LogP contribution in [0.15, 0.2) is 211 Å². The van der Waals surface area contributed by atoms with E-state index in [1.54, 1.807) is 0 Å². The second-order valence-corrected chi connectivity index (χ2v) is 16.5. The van der Waals surface area contributed by atoms with Gasteiger partial charge < -0.3 is 13.9 Å². The van der Waals surface area contributed by atoms with Gasteiger partial charge in [-0.05, 0) is 99.6 Å². The van der Waals surface area contributed by atoms with Gasteiger partial charge in [0.15, 0.2) is 0 Å². The highest BCUT2D eigenvalue weighted by Gasteiger charge is 2.35. The molecule has 60 heavy (non-hydrogen) atoms. The third kappa shape index (κ3) is 5.15. The number of fused-ring (bicyclic) bond motifs is 9. The van der Waals surface area contributed by atoms with Gasteiger partial charge in [0, 0.05) is 61.3 Å². The fraction of sp³-hybridized carbons (Fsp3) is 0.0526. The molecule has 3 heteroatoms. The van der Waals surface area contributed by atoms with Crippen molar-refractivity contribution in [3.8, 4) is 39.1 Å². The molecule has 0 saturated heterocycles. The second-order valence-electron chi connectivity index (χ2n) is 16.5. The molecular formula is C57H40N2O. The van der Waals surface area contributed by atoms with Gasteiger partial charge in [-0.1, -0.05) is 153 Å². The summed E-state index contributed by atoms with van der Waals surface area (Å²) in [4.78, 5) is 2.40. The number of benzene rings is 9. The molecule has 11 aromatic rings. The number of para-hydroxylation sites is 2. The number of furan rings is 1. The van der Waals surface area contributed by atoms with E-state index in [1.807, 2.05) is 6.07 Å². The number of rotatable bonds is 6. The van der Waals surface area contributed by atoms with Crippen LogP contribution >= 0.6 is 0 Å². The standard InChI is InChI=1S/C57H40N2O/c1-57(2)48-22-12-9-19-44(48)45-34-33-43(35-49(45)57)58(40-27-25-38(26-28-40)37-15-5-3-6-16-37)41-29-31-42(32-30-41)59-50-23-13-10-20-46(50)55-51(59)36-53-56(47-21-11-14-24-52(47)60-53)54(55)39-17-7-4-8-18-39/h3-36H,1-2H3. The fourth-order valence-electron chi connectivity index (χ4n) is 9.97. The third-order valence-corrected chi connectivity index (χ3v) is 12.8. The molecule has 3 nitrogen and oxygen atoms in total. The third-order valence-electron chi connectivity index (χ3n) is 12.8. The van der Waals surface area contributed by atoms with Crippen LogP contribution in [0.4, 0.5) is 17.1 Å². The Hall–Kier alpha value is -7.62. The lowest BCUT2D eigenvalue weighted by Gasteiger charge is -2.28. The van der Waals surface area contributed by atoms with Gasteiger partial charge in [0.2, 0.25) is 0 Å². The van der Waals surface area contributed by atoms with E-state index in [9.17, 15) is 0 Å². The lowest BCUT2D eigenvalue weighted by molar-refractivity contribution is 0.660. The van der Waals surface area contributed by atoms with Crippen LogP contribution in [-0.2, 0) is 5.41 Å². The molecule has 0 bridgehead atoms. The largest absolute Gasteiger partial charge is 0.456 e. The van der Waals surface area contributed by atoms with E-state index in [0.717, 1.165) is 55.7 Å². The number of anilines is 3. The highest BCUT2D eigenvalue weighted by atomic mass is 16.3. The number of hydrogen-bond acceptors (Lipinski definition) is 2. The minimum Gasteiger partial charge on any atom is -0.456 e. The van der Waals surface area contributed by atoms with Crippen molar-refractivity contribution >= 4 is 60.8 Å². The maximum absolute atomic E-state index is 6.64. The molecule has 1 aliphatic carbocycles. The minimum absolute atomic E-state index is 0.116. The average molecular weight is 769 g/mol. The van der Waals surface area contributed by atoms with Crippen LogP contribution in [0.1, 0.15) is 25.0 Å². The predicted molar refractivity (Wildman–Crippen MR) is 251 cm³/mol. The second kappa shape index (κ2) is 13.2. The van der Waals surface area contributed by atoms with E-state index in [1.165, 1.54) is 55.3 Å². The molecule has 0 atom stereocenters. The summed E-state index contributed by atoms with van der Waals surface area (Å²) in [6.45, 7) is 4.70. The highest BCUT2D eigenvalue weighted by molar-refractivity contribution is 6.27. The summed E-state index contributed by atoms with van der Waals surface area (Å²) in [5, 5.41) is 4.72. The SMILES string of the molecule is CC1(C)c2ccccc2-c2ccc(N(c3ccc(-c4ccccc4)cc3)c3ccc(-n4c5ccccc5c5c(-c6ccccc6)c6c(cc54)oc4ccccc46)cc3)cc21. The zero-order chi connectivity index (χ0) is 40.0. The van der Waals surface area contributed by atoms with Gasteiger partial charge in [-0.25, -0.2) is 0 Å². The van der Waals surface area contributed by atoms with Gasteiger partial charge >= 0.3 is 0 Å². The first-order chi connectivity index (χ1) is 29.5. The average Bonchev–Trinajstić information content (AvgIpc) is 3.92. The fourth-order valence-corrected chi connectivity index (χ4v) is 9.97. The van der Waals surface area contributed by atoms with Gasteiger partial charge in [0.05, 0.1) is 11.0 Å². The van der Waals surface area contributed by atoms with Crippen molar-refractivity contribution < 1.29 is 4.42 Å². The maximum atomic E-state index is 6.64. The van der Waals surface area contributed by atoms with Crippen molar-refractivity contribution in [2.75, 3.05) is 4.90 Å². The Balaban J connectivity index is 1.04. The normalized spacial score (nSPS) is 13.0. The van der Waals surface area contributed by atoms with Crippen LogP contribution < -0.4 is 4.90 Å². The summed E-state index contributed by atoms with van der Waals surface area (Å²) in [5.74, 6) is 0. The number of aromatic nitrogens is 1. The van der Waals surface area contributed by atoms with Gasteiger partial charge in [-0.2, -0.15) is 0 Å². The van der Waals surface area contributed by atoms with Crippen molar-refractivity contribution in [3.63, 3.8) is 0 Å². The van der Waals surface area contributed by atoms with E-state index in [-0.39, 0.29) is 5.41 Å². The monoisotopic (exact) mass is 768 g/mol. The zero-order valence-corrected chi connectivity index (χ0v) is 33.4. The Morgan fingerprint density at radius 1 is 0.417 bits per heavy atom. The first-order valence-electron chi connectivity index (χ1n) is 20.8. The first kappa shape index (κ1) is 34.4. The molecule has 1 aliphatic rings. The molecule has 9 aromatic carbocycles. The van der Waals surface area contributed by atoms with Gasteiger partial charge in [-0.3, -0.25) is 0 Å². The lowest BCUT2D eigenvalue weighted by Crippen LogP contribution is -2.16. The minimum atomic E-state index is -0.116. The summed E-state index contributed by atoms with van der Waals surface area (Å²) in [6.07, 6.45) is 0. The van der Waals surface area contributed by atoms with Gasteiger partial charge in [0.1, 0.15) is 11.2 Å². The smallest absolute Gasteiger partial charge is 0.138 e. The van der Waals surface area contributed by atoms with Crippen LogP contribution in [0.5, 0.6) is 0 Å². The van der Waals surface area contributed by atoms with Crippen molar-refractivity contribution in [2.45, 2.75) is 19.3 Å². The quantitative estimate of drug-likeness (QED) is 0.168. The molecule has 0 fully saturated rings. The summed E-state index contributed by atoms with van der Waals surface area (Å²) in [6, 6.07) is 74.7. The van der Waals surface area contributed by atoms with Crippen molar-refractivity contribution in [2.24, 2.45) is 0 Å². The summed E-state index contributed by atoms with van der Waals surface area (Å²) >= 11 is 0. The molecular weight excluding hydrogens is 729 g/mol. The summed E-state index contributed by atoms with van der Waals surface area (Å²) < 4.78 is 9.05. The Morgan fingerprint density at radius 3 is 1.77 bits per heavy atom. The predicted octanol–water partition coefficient (Wildman–Crippen LogP) is 15.8. The van der Waals surface area contributed by atoms with E-state index < -0.39 is 0 Å². The van der Waals surface area contributed by atoms with Crippen LogP contribution in [0.25, 0.3) is 82.8 Å². The van der Waals surface area contributed by atoms with Crippen LogP contribution in [0.3, 0.4) is 0 Å². The molecule has 2 heterocycles. The zero-order valence-electron chi connectivity index (χ0n) is 33.4. The summed E-state index contributed by atoms with van der Waals surface area (Å²) in [5.41, 5.74) is 18.5. The molecule has 284 valence electrons. The molecule has 0 saturated carbocycles.